The van der Waals surface area contributed by atoms with Crippen LogP contribution < -0.4 is 0 Å². The van der Waals surface area contributed by atoms with E-state index >= 15 is 0 Å². The van der Waals surface area contributed by atoms with E-state index in [1.807, 2.05) is 13.0 Å². The van der Waals surface area contributed by atoms with Crippen LogP contribution in [0.4, 0.5) is 0 Å². The lowest BCUT2D eigenvalue weighted by Gasteiger charge is -2.39. The van der Waals surface area contributed by atoms with Crippen LogP contribution in [0.3, 0.4) is 0 Å². The molecule has 0 amide bonds. The highest BCUT2D eigenvalue weighted by molar-refractivity contribution is 6.08. The Labute approximate surface area is 148 Å². The Morgan fingerprint density at radius 1 is 1.36 bits per heavy atom. The molecule has 2 aliphatic rings. The van der Waals surface area contributed by atoms with Gasteiger partial charge in [0.15, 0.2) is 11.6 Å². The first kappa shape index (κ1) is 17.9. The molecule has 0 bridgehead atoms. The highest BCUT2D eigenvalue weighted by Gasteiger charge is 2.49. The molecule has 4 nitrogen and oxygen atoms in total. The number of ketones is 2. The van der Waals surface area contributed by atoms with Crippen molar-refractivity contribution in [3.8, 4) is 5.75 Å². The maximum absolute atomic E-state index is 12.9. The van der Waals surface area contributed by atoms with Crippen molar-refractivity contribution in [1.82, 2.24) is 0 Å². The Hall–Kier alpha value is -1.94. The molecule has 1 aromatic carbocycles. The minimum absolute atomic E-state index is 0.0323. The number of carbonyl (C=O) groups excluding carboxylic acids is 2. The maximum atomic E-state index is 12.9. The van der Waals surface area contributed by atoms with Gasteiger partial charge in [-0.05, 0) is 60.6 Å². The van der Waals surface area contributed by atoms with Gasteiger partial charge < -0.3 is 10.2 Å². The molecule has 2 N–H and O–H groups in total. The lowest BCUT2D eigenvalue weighted by molar-refractivity contribution is -0.128. The Balaban J connectivity index is 2.07. The Morgan fingerprint density at radius 3 is 2.80 bits per heavy atom. The molecule has 0 saturated heterocycles. The molecule has 2 atom stereocenters. The lowest BCUT2D eigenvalue weighted by Crippen LogP contribution is -2.36. The summed E-state index contributed by atoms with van der Waals surface area (Å²) >= 11 is 0. The molecular weight excluding hydrogens is 316 g/mol. The number of aromatic hydroxyl groups is 1. The zero-order valence-corrected chi connectivity index (χ0v) is 15.0. The molecule has 0 radical (unpaired) electrons. The van der Waals surface area contributed by atoms with Gasteiger partial charge in [0.05, 0.1) is 0 Å². The van der Waals surface area contributed by atoms with Crippen molar-refractivity contribution < 1.29 is 19.8 Å². The summed E-state index contributed by atoms with van der Waals surface area (Å²) in [6.45, 7) is 3.52. The van der Waals surface area contributed by atoms with E-state index in [0.717, 1.165) is 48.0 Å². The third kappa shape index (κ3) is 3.04. The monoisotopic (exact) mass is 342 g/mol. The number of hydrogen-bond donors (Lipinski definition) is 2. The van der Waals surface area contributed by atoms with Crippen molar-refractivity contribution >= 4 is 17.1 Å². The summed E-state index contributed by atoms with van der Waals surface area (Å²) in [6.07, 6.45) is 4.69. The normalized spacial score (nSPS) is 25.1. The fourth-order valence-corrected chi connectivity index (χ4v) is 4.81. The van der Waals surface area contributed by atoms with E-state index in [-0.39, 0.29) is 35.1 Å². The number of hydrogen-bond acceptors (Lipinski definition) is 4. The Bertz CT molecular complexity index is 746. The van der Waals surface area contributed by atoms with Crippen LogP contribution in [-0.4, -0.2) is 28.4 Å². The summed E-state index contributed by atoms with van der Waals surface area (Å²) in [5, 5.41) is 18.9. The summed E-state index contributed by atoms with van der Waals surface area (Å²) in [5.41, 5.74) is 3.90. The molecule has 0 aromatic heterocycles. The number of rotatable bonds is 6. The average molecular weight is 342 g/mol. The van der Waals surface area contributed by atoms with Gasteiger partial charge in [-0.25, -0.2) is 0 Å². The van der Waals surface area contributed by atoms with Gasteiger partial charge in [0.2, 0.25) is 0 Å². The van der Waals surface area contributed by atoms with Gasteiger partial charge in [-0.15, -0.1) is 0 Å². The van der Waals surface area contributed by atoms with Gasteiger partial charge >= 0.3 is 0 Å². The zero-order valence-electron chi connectivity index (χ0n) is 15.0. The van der Waals surface area contributed by atoms with E-state index in [1.54, 1.807) is 12.1 Å². The van der Waals surface area contributed by atoms with E-state index < -0.39 is 6.61 Å². The largest absolute Gasteiger partial charge is 0.508 e. The first-order chi connectivity index (χ1) is 11.9. The highest BCUT2D eigenvalue weighted by atomic mass is 16.3. The molecular formula is C21H26O4. The van der Waals surface area contributed by atoms with Crippen molar-refractivity contribution in [3.05, 3.63) is 34.9 Å². The fraction of sp³-hybridized carbons (Fsp3) is 0.524. The third-order valence-electron chi connectivity index (χ3n) is 5.83. The average Bonchev–Trinajstić information content (AvgIpc) is 2.90. The number of unbranched alkanes of at least 4 members (excludes halogenated alkanes) is 1. The summed E-state index contributed by atoms with van der Waals surface area (Å²) in [5.74, 6) is -0.332. The second-order valence-corrected chi connectivity index (χ2v) is 7.57. The summed E-state index contributed by atoms with van der Waals surface area (Å²) in [7, 11) is 0. The molecule has 4 heteroatoms. The first-order valence-electron chi connectivity index (χ1n) is 9.12. The molecule has 1 aromatic rings. The number of Topliss-reactive ketones (excluding diaryl/α,β-unsaturated/α-hetero) is 2. The quantitative estimate of drug-likeness (QED) is 0.830. The number of allylic oxidation sites excluding steroid dienone is 2. The lowest BCUT2D eigenvalue weighted by atomic mass is 9.63. The van der Waals surface area contributed by atoms with Crippen LogP contribution >= 0.6 is 0 Å². The summed E-state index contributed by atoms with van der Waals surface area (Å²) in [6, 6.07) is 5.41. The van der Waals surface area contributed by atoms with Gasteiger partial charge in [-0.2, -0.15) is 0 Å². The molecule has 25 heavy (non-hydrogen) atoms. The molecule has 0 fully saturated rings. The smallest absolute Gasteiger partial charge is 0.162 e. The second-order valence-electron chi connectivity index (χ2n) is 7.57. The first-order valence-corrected chi connectivity index (χ1v) is 9.12. The SMILES string of the molecule is CCCCC12Cc3cc(O)ccc3C1=C(C)C(=O)C(CC(=O)CO)C2. The van der Waals surface area contributed by atoms with E-state index in [0.29, 0.717) is 6.42 Å². The summed E-state index contributed by atoms with van der Waals surface area (Å²) in [4.78, 5) is 24.6. The van der Waals surface area contributed by atoms with Crippen LogP contribution in [0, 0.1) is 11.3 Å². The van der Waals surface area contributed by atoms with Crippen molar-refractivity contribution in [3.63, 3.8) is 0 Å². The number of aliphatic hydroxyl groups excluding tert-OH is 1. The van der Waals surface area contributed by atoms with Gasteiger partial charge in [-0.1, -0.05) is 25.8 Å². The van der Waals surface area contributed by atoms with Gasteiger partial charge in [-0.3, -0.25) is 9.59 Å². The van der Waals surface area contributed by atoms with Crippen molar-refractivity contribution in [2.75, 3.05) is 6.61 Å². The van der Waals surface area contributed by atoms with E-state index in [9.17, 15) is 14.7 Å². The number of carbonyl (C=O) groups is 2. The molecule has 0 heterocycles. The number of phenolic OH excluding ortho intramolecular Hbond substituents is 1. The van der Waals surface area contributed by atoms with Crippen molar-refractivity contribution in [1.29, 1.82) is 0 Å². The third-order valence-corrected chi connectivity index (χ3v) is 5.83. The second kappa shape index (κ2) is 6.75. The van der Waals surface area contributed by atoms with Crippen LogP contribution in [0.1, 0.15) is 57.1 Å². The zero-order chi connectivity index (χ0) is 18.2. The van der Waals surface area contributed by atoms with Crippen LogP contribution in [0.15, 0.2) is 23.8 Å². The van der Waals surface area contributed by atoms with Crippen molar-refractivity contribution in [2.24, 2.45) is 11.3 Å². The molecule has 2 unspecified atom stereocenters. The van der Waals surface area contributed by atoms with Gasteiger partial charge in [0.1, 0.15) is 12.4 Å². The molecule has 134 valence electrons. The molecule has 3 rings (SSSR count). The number of benzene rings is 1. The van der Waals surface area contributed by atoms with Gasteiger partial charge in [0, 0.05) is 17.8 Å². The minimum Gasteiger partial charge on any atom is -0.508 e. The Kier molecular flexibility index (Phi) is 4.83. The van der Waals surface area contributed by atoms with Crippen LogP contribution in [0.2, 0.25) is 0 Å². The van der Waals surface area contributed by atoms with Crippen LogP contribution in [0.25, 0.3) is 5.57 Å². The fourth-order valence-electron chi connectivity index (χ4n) is 4.81. The van der Waals surface area contributed by atoms with Gasteiger partial charge in [0.25, 0.3) is 0 Å². The van der Waals surface area contributed by atoms with E-state index in [1.165, 1.54) is 0 Å². The minimum atomic E-state index is -0.505. The number of phenols is 1. The molecule has 0 saturated carbocycles. The predicted molar refractivity (Wildman–Crippen MR) is 96.2 cm³/mol. The standard InChI is InChI=1S/C21H26O4/c1-3-4-7-21-10-14-8-16(23)5-6-18(14)19(21)13(2)20(25)15(11-21)9-17(24)12-22/h5-6,8,15,22-23H,3-4,7,9-12H2,1-2H3. The molecule has 0 aliphatic heterocycles. The molecule has 0 spiro atoms. The van der Waals surface area contributed by atoms with E-state index in [4.69, 9.17) is 5.11 Å². The topological polar surface area (TPSA) is 74.6 Å². The number of fused-ring (bicyclic) bond motifs is 3. The van der Waals surface area contributed by atoms with Crippen molar-refractivity contribution in [2.45, 2.75) is 52.4 Å². The van der Waals surface area contributed by atoms with Crippen LogP contribution in [0.5, 0.6) is 5.75 Å². The molecule has 2 aliphatic carbocycles. The maximum Gasteiger partial charge on any atom is 0.162 e. The van der Waals surface area contributed by atoms with Crippen LogP contribution in [-0.2, 0) is 16.0 Å². The Morgan fingerprint density at radius 2 is 2.12 bits per heavy atom. The highest BCUT2D eigenvalue weighted by Crippen LogP contribution is 2.58. The predicted octanol–water partition coefficient (Wildman–Crippen LogP) is 3.44. The van der Waals surface area contributed by atoms with E-state index in [2.05, 4.69) is 6.92 Å². The number of aliphatic hydroxyl groups is 1. The summed E-state index contributed by atoms with van der Waals surface area (Å²) < 4.78 is 0.